The third-order valence-corrected chi connectivity index (χ3v) is 2.59. The summed E-state index contributed by atoms with van der Waals surface area (Å²) in [5, 5.41) is 1.89. The first kappa shape index (κ1) is 18.9. The molecule has 0 rings (SSSR count). The first-order valence-corrected chi connectivity index (χ1v) is 5.78. The van der Waals surface area contributed by atoms with Gasteiger partial charge in [0.05, 0.1) is 5.41 Å². The molecule has 0 aromatic heterocycles. The van der Waals surface area contributed by atoms with Crippen LogP contribution in [0.25, 0.3) is 0 Å². The largest absolute Gasteiger partial charge is 0.453 e. The SMILES string of the molecule is CC(C)(C)OC(=O)NCC(C)(CN)C(F)(F)C(F)(F)F. The predicted octanol–water partition coefficient (Wildman–Crippen LogP) is 2.67. The highest BCUT2D eigenvalue weighted by atomic mass is 19.4. The van der Waals surface area contributed by atoms with Crippen LogP contribution >= 0.6 is 0 Å². The van der Waals surface area contributed by atoms with Crippen LogP contribution in [0.2, 0.25) is 0 Å². The van der Waals surface area contributed by atoms with Crippen LogP contribution < -0.4 is 11.1 Å². The first-order valence-electron chi connectivity index (χ1n) is 5.78. The molecule has 4 nitrogen and oxygen atoms in total. The highest BCUT2D eigenvalue weighted by molar-refractivity contribution is 5.67. The Labute approximate surface area is 113 Å². The molecule has 0 bridgehead atoms. The standard InChI is InChI=1S/C11H19F5N2O2/c1-8(2,3)20-7(19)18-6-9(4,5-17)10(12,13)11(14,15)16/h5-6,17H2,1-4H3,(H,18,19). The molecule has 0 aliphatic carbocycles. The number of rotatable bonds is 4. The molecule has 0 heterocycles. The number of halogens is 5. The molecule has 120 valence electrons. The molecular weight excluding hydrogens is 287 g/mol. The van der Waals surface area contributed by atoms with E-state index in [2.05, 4.69) is 0 Å². The van der Waals surface area contributed by atoms with E-state index in [4.69, 9.17) is 10.5 Å². The van der Waals surface area contributed by atoms with Gasteiger partial charge in [-0.05, 0) is 20.8 Å². The van der Waals surface area contributed by atoms with Crippen LogP contribution in [0.3, 0.4) is 0 Å². The van der Waals surface area contributed by atoms with E-state index < -0.39 is 42.3 Å². The fourth-order valence-corrected chi connectivity index (χ4v) is 1.23. The van der Waals surface area contributed by atoms with E-state index in [1.807, 2.05) is 5.32 Å². The third kappa shape index (κ3) is 4.46. The Balaban J connectivity index is 4.90. The van der Waals surface area contributed by atoms with Gasteiger partial charge in [0.1, 0.15) is 5.60 Å². The van der Waals surface area contributed by atoms with Gasteiger partial charge in [-0.3, -0.25) is 0 Å². The number of nitrogens with one attached hydrogen (secondary N) is 1. The molecule has 3 N–H and O–H groups in total. The lowest BCUT2D eigenvalue weighted by atomic mass is 9.82. The van der Waals surface area contributed by atoms with E-state index in [0.29, 0.717) is 6.92 Å². The number of alkyl carbamates (subject to hydrolysis) is 1. The van der Waals surface area contributed by atoms with Crippen LogP contribution in [-0.2, 0) is 4.74 Å². The molecule has 0 aromatic carbocycles. The van der Waals surface area contributed by atoms with Gasteiger partial charge in [0.25, 0.3) is 0 Å². The van der Waals surface area contributed by atoms with Gasteiger partial charge in [-0.15, -0.1) is 0 Å². The van der Waals surface area contributed by atoms with Crippen molar-refractivity contribution in [3.05, 3.63) is 0 Å². The van der Waals surface area contributed by atoms with Crippen LogP contribution in [0.15, 0.2) is 0 Å². The average molecular weight is 306 g/mol. The van der Waals surface area contributed by atoms with Gasteiger partial charge in [-0.1, -0.05) is 6.92 Å². The number of carbonyl (C=O) groups excluding carboxylic acids is 1. The van der Waals surface area contributed by atoms with Gasteiger partial charge >= 0.3 is 18.2 Å². The van der Waals surface area contributed by atoms with Crippen molar-refractivity contribution in [3.63, 3.8) is 0 Å². The molecule has 0 saturated heterocycles. The Hall–Kier alpha value is -1.12. The Kier molecular flexibility index (Phi) is 5.39. The van der Waals surface area contributed by atoms with E-state index >= 15 is 0 Å². The van der Waals surface area contributed by atoms with Crippen molar-refractivity contribution < 1.29 is 31.5 Å². The van der Waals surface area contributed by atoms with E-state index in [1.165, 1.54) is 20.8 Å². The zero-order valence-corrected chi connectivity index (χ0v) is 11.7. The Morgan fingerprint density at radius 3 is 1.85 bits per heavy atom. The summed E-state index contributed by atoms with van der Waals surface area (Å²) in [5.41, 5.74) is 1.47. The number of amides is 1. The van der Waals surface area contributed by atoms with Crippen molar-refractivity contribution in [2.45, 2.75) is 45.4 Å². The molecule has 1 atom stereocenters. The van der Waals surface area contributed by atoms with Crippen LogP contribution in [0.1, 0.15) is 27.7 Å². The van der Waals surface area contributed by atoms with E-state index in [1.54, 1.807) is 0 Å². The summed E-state index contributed by atoms with van der Waals surface area (Å²) in [4.78, 5) is 11.3. The Morgan fingerprint density at radius 1 is 1.10 bits per heavy atom. The van der Waals surface area contributed by atoms with Crippen molar-refractivity contribution in [1.29, 1.82) is 0 Å². The van der Waals surface area contributed by atoms with Gasteiger partial charge in [0, 0.05) is 13.1 Å². The third-order valence-electron chi connectivity index (χ3n) is 2.59. The lowest BCUT2D eigenvalue weighted by molar-refractivity contribution is -0.321. The normalized spacial score (nSPS) is 16.5. The van der Waals surface area contributed by atoms with Crippen LogP contribution in [-0.4, -0.2) is 36.9 Å². The molecule has 0 saturated carbocycles. The number of alkyl halides is 5. The number of ether oxygens (including phenoxy) is 1. The maximum absolute atomic E-state index is 13.4. The molecule has 9 heteroatoms. The molecule has 0 spiro atoms. The second kappa shape index (κ2) is 5.71. The maximum atomic E-state index is 13.4. The number of carbonyl (C=O) groups is 1. The van der Waals surface area contributed by atoms with Crippen molar-refractivity contribution >= 4 is 6.09 Å². The van der Waals surface area contributed by atoms with Gasteiger partial charge < -0.3 is 15.8 Å². The molecule has 0 aromatic rings. The zero-order chi connectivity index (χ0) is 16.4. The first-order chi connectivity index (χ1) is 8.66. The minimum absolute atomic E-state index is 0.651. The molecule has 0 radical (unpaired) electrons. The second-order valence-corrected chi connectivity index (χ2v) is 5.69. The summed E-state index contributed by atoms with van der Waals surface area (Å²) in [7, 11) is 0. The zero-order valence-electron chi connectivity index (χ0n) is 11.7. The average Bonchev–Trinajstić information content (AvgIpc) is 2.21. The van der Waals surface area contributed by atoms with Crippen molar-refractivity contribution in [2.24, 2.45) is 11.1 Å². The second-order valence-electron chi connectivity index (χ2n) is 5.69. The van der Waals surface area contributed by atoms with Crippen LogP contribution in [0.5, 0.6) is 0 Å². The van der Waals surface area contributed by atoms with Gasteiger partial charge in [-0.25, -0.2) is 4.79 Å². The van der Waals surface area contributed by atoms with Crippen LogP contribution in [0.4, 0.5) is 26.7 Å². The topological polar surface area (TPSA) is 64.3 Å². The summed E-state index contributed by atoms with van der Waals surface area (Å²) in [5.74, 6) is -5.04. The number of nitrogens with two attached hydrogens (primary N) is 1. The fourth-order valence-electron chi connectivity index (χ4n) is 1.23. The Bertz CT molecular complexity index is 352. The number of hydrogen-bond acceptors (Lipinski definition) is 3. The van der Waals surface area contributed by atoms with E-state index in [9.17, 15) is 26.7 Å². The monoisotopic (exact) mass is 306 g/mol. The summed E-state index contributed by atoms with van der Waals surface area (Å²) < 4.78 is 68.6. The van der Waals surface area contributed by atoms with E-state index in [-0.39, 0.29) is 0 Å². The molecule has 0 fully saturated rings. The minimum atomic E-state index is -5.75. The Morgan fingerprint density at radius 2 is 1.55 bits per heavy atom. The summed E-state index contributed by atoms with van der Waals surface area (Å²) >= 11 is 0. The highest BCUT2D eigenvalue weighted by Crippen LogP contribution is 2.47. The lowest BCUT2D eigenvalue weighted by Crippen LogP contribution is -2.58. The summed E-state index contributed by atoms with van der Waals surface area (Å²) in [6.45, 7) is 3.30. The molecule has 1 amide bonds. The fraction of sp³-hybridized carbons (Fsp3) is 0.909. The van der Waals surface area contributed by atoms with Crippen LogP contribution in [0, 0.1) is 5.41 Å². The quantitative estimate of drug-likeness (QED) is 0.785. The highest BCUT2D eigenvalue weighted by Gasteiger charge is 2.67. The minimum Gasteiger partial charge on any atom is -0.444 e. The van der Waals surface area contributed by atoms with Gasteiger partial charge in [0.2, 0.25) is 0 Å². The molecule has 0 aliphatic heterocycles. The lowest BCUT2D eigenvalue weighted by Gasteiger charge is -2.37. The van der Waals surface area contributed by atoms with Gasteiger partial charge in [-0.2, -0.15) is 22.0 Å². The van der Waals surface area contributed by atoms with Crippen molar-refractivity contribution in [2.75, 3.05) is 13.1 Å². The maximum Gasteiger partial charge on any atom is 0.453 e. The smallest absolute Gasteiger partial charge is 0.444 e. The molecular formula is C11H19F5N2O2. The van der Waals surface area contributed by atoms with E-state index in [0.717, 1.165) is 0 Å². The molecule has 20 heavy (non-hydrogen) atoms. The van der Waals surface area contributed by atoms with Gasteiger partial charge in [0.15, 0.2) is 0 Å². The summed E-state index contributed by atoms with van der Waals surface area (Å²) in [6, 6.07) is 0. The van der Waals surface area contributed by atoms with Crippen molar-refractivity contribution in [3.8, 4) is 0 Å². The molecule has 1 unspecified atom stereocenters. The predicted molar refractivity (Wildman–Crippen MR) is 62.4 cm³/mol. The molecule has 0 aliphatic rings. The van der Waals surface area contributed by atoms with Crippen molar-refractivity contribution in [1.82, 2.24) is 5.32 Å². The number of hydrogen-bond donors (Lipinski definition) is 2. The summed E-state index contributed by atoms with van der Waals surface area (Å²) in [6.07, 6.45) is -6.84.